The summed E-state index contributed by atoms with van der Waals surface area (Å²) in [7, 11) is 0. The first-order valence-corrected chi connectivity index (χ1v) is 5.78. The number of aliphatic carboxylic acids is 1. The van der Waals surface area contributed by atoms with Crippen molar-refractivity contribution in [3.8, 4) is 0 Å². The van der Waals surface area contributed by atoms with E-state index >= 15 is 0 Å². The minimum atomic E-state index is -0.957. The molecule has 0 spiro atoms. The molecular formula is C11H12ClFN2O4. The van der Waals surface area contributed by atoms with Crippen molar-refractivity contribution in [3.63, 3.8) is 0 Å². The summed E-state index contributed by atoms with van der Waals surface area (Å²) in [6.07, 6.45) is -0.0737. The lowest BCUT2D eigenvalue weighted by Crippen LogP contribution is -2.15. The first-order valence-electron chi connectivity index (χ1n) is 5.40. The zero-order valence-electron chi connectivity index (χ0n) is 10.0. The van der Waals surface area contributed by atoms with E-state index in [1.54, 1.807) is 6.92 Å². The van der Waals surface area contributed by atoms with Gasteiger partial charge in [0.1, 0.15) is 11.5 Å². The van der Waals surface area contributed by atoms with Gasteiger partial charge < -0.3 is 10.4 Å². The smallest absolute Gasteiger partial charge is 0.303 e. The van der Waals surface area contributed by atoms with Crippen molar-refractivity contribution in [2.75, 3.05) is 11.9 Å². The number of nitro groups is 1. The minimum Gasteiger partial charge on any atom is -0.481 e. The summed E-state index contributed by atoms with van der Waals surface area (Å²) in [5.41, 5.74) is -0.377. The Morgan fingerprint density at radius 3 is 2.79 bits per heavy atom. The van der Waals surface area contributed by atoms with E-state index < -0.39 is 22.4 Å². The van der Waals surface area contributed by atoms with Gasteiger partial charge in [0.15, 0.2) is 0 Å². The number of rotatable bonds is 6. The minimum absolute atomic E-state index is 0.0636. The summed E-state index contributed by atoms with van der Waals surface area (Å²) in [6, 6.07) is 1.84. The molecule has 1 aromatic carbocycles. The van der Waals surface area contributed by atoms with Crippen molar-refractivity contribution in [1.29, 1.82) is 0 Å². The molecule has 8 heteroatoms. The molecule has 19 heavy (non-hydrogen) atoms. The van der Waals surface area contributed by atoms with Crippen molar-refractivity contribution >= 4 is 28.9 Å². The largest absolute Gasteiger partial charge is 0.481 e. The molecule has 0 saturated heterocycles. The summed E-state index contributed by atoms with van der Waals surface area (Å²) < 4.78 is 13.1. The zero-order valence-corrected chi connectivity index (χ0v) is 10.8. The highest BCUT2D eigenvalue weighted by molar-refractivity contribution is 6.31. The van der Waals surface area contributed by atoms with Crippen LogP contribution in [0.1, 0.15) is 13.3 Å². The predicted octanol–water partition coefficient (Wildman–Crippen LogP) is 2.91. The van der Waals surface area contributed by atoms with Crippen LogP contribution in [0.4, 0.5) is 15.8 Å². The topological polar surface area (TPSA) is 92.5 Å². The van der Waals surface area contributed by atoms with Crippen molar-refractivity contribution < 1.29 is 19.2 Å². The molecule has 1 unspecified atom stereocenters. The average molecular weight is 291 g/mol. The van der Waals surface area contributed by atoms with Crippen LogP contribution in [0.2, 0.25) is 5.02 Å². The second-order valence-corrected chi connectivity index (χ2v) is 4.53. The number of nitrogens with zero attached hydrogens (tertiary/aromatic N) is 1. The van der Waals surface area contributed by atoms with Gasteiger partial charge >= 0.3 is 5.97 Å². The quantitative estimate of drug-likeness (QED) is 0.621. The lowest BCUT2D eigenvalue weighted by molar-refractivity contribution is -0.384. The third-order valence-electron chi connectivity index (χ3n) is 2.40. The summed E-state index contributed by atoms with van der Waals surface area (Å²) in [6.45, 7) is 1.88. The van der Waals surface area contributed by atoms with E-state index in [0.29, 0.717) is 0 Å². The van der Waals surface area contributed by atoms with Crippen LogP contribution in [0.15, 0.2) is 12.1 Å². The van der Waals surface area contributed by atoms with Crippen molar-refractivity contribution in [2.45, 2.75) is 13.3 Å². The number of carboxylic acid groups (broad SMARTS) is 1. The van der Waals surface area contributed by atoms with E-state index in [4.69, 9.17) is 16.7 Å². The molecule has 0 aliphatic rings. The van der Waals surface area contributed by atoms with Gasteiger partial charge in [-0.1, -0.05) is 18.5 Å². The second-order valence-electron chi connectivity index (χ2n) is 4.12. The molecule has 0 aliphatic carbocycles. The van der Waals surface area contributed by atoms with Crippen LogP contribution < -0.4 is 5.32 Å². The van der Waals surface area contributed by atoms with E-state index in [1.807, 2.05) is 0 Å². The SMILES string of the molecule is CC(CNc1cc(Cl)c(F)cc1[N+](=O)[O-])CC(=O)O. The van der Waals surface area contributed by atoms with Crippen LogP contribution >= 0.6 is 11.6 Å². The molecule has 1 atom stereocenters. The first kappa shape index (κ1) is 15.2. The van der Waals surface area contributed by atoms with Crippen LogP contribution in [-0.2, 0) is 4.79 Å². The molecule has 0 aromatic heterocycles. The third-order valence-corrected chi connectivity index (χ3v) is 2.69. The van der Waals surface area contributed by atoms with Gasteiger partial charge in [-0.25, -0.2) is 4.39 Å². The van der Waals surface area contributed by atoms with Crippen LogP contribution in [0.25, 0.3) is 0 Å². The number of halogens is 2. The number of anilines is 1. The highest BCUT2D eigenvalue weighted by Gasteiger charge is 2.18. The summed E-state index contributed by atoms with van der Waals surface area (Å²) >= 11 is 5.56. The van der Waals surface area contributed by atoms with E-state index in [-0.39, 0.29) is 29.6 Å². The number of benzene rings is 1. The Morgan fingerprint density at radius 2 is 2.26 bits per heavy atom. The van der Waals surface area contributed by atoms with Crippen LogP contribution in [0, 0.1) is 21.8 Å². The fraction of sp³-hybridized carbons (Fsp3) is 0.364. The molecule has 104 valence electrons. The second kappa shape index (κ2) is 6.33. The predicted molar refractivity (Wildman–Crippen MR) is 68.0 cm³/mol. The molecule has 1 rings (SSSR count). The molecule has 0 heterocycles. The molecule has 1 aromatic rings. The fourth-order valence-electron chi connectivity index (χ4n) is 1.48. The maximum atomic E-state index is 13.1. The molecule has 0 fully saturated rings. The molecular weight excluding hydrogens is 279 g/mol. The van der Waals surface area contributed by atoms with E-state index in [1.165, 1.54) is 0 Å². The lowest BCUT2D eigenvalue weighted by Gasteiger charge is -2.12. The Balaban J connectivity index is 2.85. The molecule has 0 saturated carbocycles. The Hall–Kier alpha value is -1.89. The molecule has 0 amide bonds. The summed E-state index contributed by atoms with van der Waals surface area (Å²) in [5, 5.41) is 21.8. The monoisotopic (exact) mass is 290 g/mol. The maximum absolute atomic E-state index is 13.1. The first-order chi connectivity index (χ1) is 8.81. The highest BCUT2D eigenvalue weighted by atomic mass is 35.5. The van der Waals surface area contributed by atoms with Gasteiger partial charge in [0.2, 0.25) is 0 Å². The van der Waals surface area contributed by atoms with Gasteiger partial charge in [0.05, 0.1) is 16.0 Å². The molecule has 6 nitrogen and oxygen atoms in total. The van der Waals surface area contributed by atoms with Gasteiger partial charge in [-0.05, 0) is 12.0 Å². The highest BCUT2D eigenvalue weighted by Crippen LogP contribution is 2.30. The summed E-state index contributed by atoms with van der Waals surface area (Å²) in [5.74, 6) is -2.07. The zero-order chi connectivity index (χ0) is 14.6. The van der Waals surface area contributed by atoms with Gasteiger partial charge in [0, 0.05) is 13.0 Å². The van der Waals surface area contributed by atoms with Crippen molar-refractivity contribution in [1.82, 2.24) is 0 Å². The third kappa shape index (κ3) is 4.36. The Labute approximate surface area is 113 Å². The number of carboxylic acids is 1. The summed E-state index contributed by atoms with van der Waals surface area (Å²) in [4.78, 5) is 20.5. The normalized spacial score (nSPS) is 11.9. The number of nitrogens with one attached hydrogen (secondary N) is 1. The van der Waals surface area contributed by atoms with Crippen molar-refractivity contribution in [2.24, 2.45) is 5.92 Å². The number of nitro benzene ring substituents is 1. The van der Waals surface area contributed by atoms with Crippen LogP contribution in [0.5, 0.6) is 0 Å². The Morgan fingerprint density at radius 1 is 1.63 bits per heavy atom. The standard InChI is InChI=1S/C11H12ClFN2O4/c1-6(2-11(16)17)5-14-9-3-7(12)8(13)4-10(9)15(18)19/h3-4,6,14H,2,5H2,1H3,(H,16,17). The van der Waals surface area contributed by atoms with E-state index in [0.717, 1.165) is 12.1 Å². The Bertz CT molecular complexity index is 510. The Kier molecular flexibility index (Phi) is 5.05. The van der Waals surface area contributed by atoms with Crippen LogP contribution in [0.3, 0.4) is 0 Å². The number of carbonyl (C=O) groups is 1. The molecule has 0 aliphatic heterocycles. The average Bonchev–Trinajstić information content (AvgIpc) is 2.29. The molecule has 0 bridgehead atoms. The maximum Gasteiger partial charge on any atom is 0.303 e. The van der Waals surface area contributed by atoms with Gasteiger partial charge in [0.25, 0.3) is 5.69 Å². The van der Waals surface area contributed by atoms with Gasteiger partial charge in [-0.15, -0.1) is 0 Å². The van der Waals surface area contributed by atoms with E-state index in [9.17, 15) is 19.3 Å². The number of hydrogen-bond donors (Lipinski definition) is 2. The van der Waals surface area contributed by atoms with Gasteiger partial charge in [-0.3, -0.25) is 14.9 Å². The molecule has 0 radical (unpaired) electrons. The van der Waals surface area contributed by atoms with Crippen LogP contribution in [-0.4, -0.2) is 22.5 Å². The number of hydrogen-bond acceptors (Lipinski definition) is 4. The van der Waals surface area contributed by atoms with E-state index in [2.05, 4.69) is 5.32 Å². The fourth-order valence-corrected chi connectivity index (χ4v) is 1.65. The van der Waals surface area contributed by atoms with Gasteiger partial charge in [-0.2, -0.15) is 0 Å². The molecule has 2 N–H and O–H groups in total. The lowest BCUT2D eigenvalue weighted by atomic mass is 10.1. The van der Waals surface area contributed by atoms with Crippen molar-refractivity contribution in [3.05, 3.63) is 33.1 Å².